The number of pyridine rings is 1. The predicted octanol–water partition coefficient (Wildman–Crippen LogP) is 2.51. The Hall–Kier alpha value is -1.79. The number of para-hydroxylation sites is 2. The third-order valence-electron chi connectivity index (χ3n) is 2.26. The number of benzene rings is 1. The zero-order valence-corrected chi connectivity index (χ0v) is 11.5. The van der Waals surface area contributed by atoms with E-state index in [1.54, 1.807) is 18.2 Å². The molecule has 2 aromatic rings. The van der Waals surface area contributed by atoms with Crippen molar-refractivity contribution in [3.8, 4) is 11.5 Å². The molecular formula is C12H10ClNO4S. The van der Waals surface area contributed by atoms with E-state index in [1.807, 2.05) is 0 Å². The van der Waals surface area contributed by atoms with Crippen molar-refractivity contribution >= 4 is 21.7 Å². The number of halogens is 1. The first kappa shape index (κ1) is 13.6. The van der Waals surface area contributed by atoms with Gasteiger partial charge in [-0.15, -0.1) is 0 Å². The second-order valence-electron chi connectivity index (χ2n) is 3.50. The lowest BCUT2D eigenvalue weighted by Crippen LogP contribution is -2.10. The summed E-state index contributed by atoms with van der Waals surface area (Å²) in [6, 6.07) is 9.15. The summed E-state index contributed by atoms with van der Waals surface area (Å²) in [5, 5.41) is 0.205. The van der Waals surface area contributed by atoms with Crippen LogP contribution in [0.25, 0.3) is 0 Å². The van der Waals surface area contributed by atoms with Crippen molar-refractivity contribution < 1.29 is 17.3 Å². The smallest absolute Gasteiger partial charge is 0.340 e. The van der Waals surface area contributed by atoms with Gasteiger partial charge in [-0.25, -0.2) is 4.98 Å². The van der Waals surface area contributed by atoms with Crippen molar-refractivity contribution in [1.82, 2.24) is 4.98 Å². The summed E-state index contributed by atoms with van der Waals surface area (Å²) in [6.45, 7) is 0. The maximum absolute atomic E-state index is 12.0. The number of hydrogen-bond donors (Lipinski definition) is 0. The lowest BCUT2D eigenvalue weighted by atomic mass is 10.3. The molecule has 7 heteroatoms. The van der Waals surface area contributed by atoms with Gasteiger partial charge in [-0.3, -0.25) is 0 Å². The van der Waals surface area contributed by atoms with Gasteiger partial charge in [0.25, 0.3) is 0 Å². The van der Waals surface area contributed by atoms with Crippen molar-refractivity contribution in [1.29, 1.82) is 0 Å². The molecule has 19 heavy (non-hydrogen) atoms. The minimum Gasteiger partial charge on any atom is -0.493 e. The van der Waals surface area contributed by atoms with Crippen LogP contribution in [-0.4, -0.2) is 20.5 Å². The van der Waals surface area contributed by atoms with Gasteiger partial charge in [0.15, 0.2) is 11.5 Å². The van der Waals surface area contributed by atoms with Crippen LogP contribution in [0.4, 0.5) is 0 Å². The van der Waals surface area contributed by atoms with Crippen molar-refractivity contribution in [2.24, 2.45) is 0 Å². The molecule has 1 aromatic carbocycles. The van der Waals surface area contributed by atoms with Crippen molar-refractivity contribution in [2.75, 3.05) is 7.11 Å². The number of hydrogen-bond acceptors (Lipinski definition) is 5. The van der Waals surface area contributed by atoms with Crippen molar-refractivity contribution in [3.05, 3.63) is 47.7 Å². The predicted molar refractivity (Wildman–Crippen MR) is 70.1 cm³/mol. The summed E-state index contributed by atoms with van der Waals surface area (Å²) in [5.41, 5.74) is 0. The minimum absolute atomic E-state index is 0.0807. The molecule has 0 saturated carbocycles. The van der Waals surface area contributed by atoms with Gasteiger partial charge < -0.3 is 8.92 Å². The zero-order chi connectivity index (χ0) is 13.9. The second-order valence-corrected chi connectivity index (χ2v) is 5.44. The third kappa shape index (κ3) is 3.15. The first-order chi connectivity index (χ1) is 9.03. The Balaban J connectivity index is 2.34. The molecule has 1 aromatic heterocycles. The van der Waals surface area contributed by atoms with Gasteiger partial charge in [0.05, 0.1) is 13.3 Å². The fourth-order valence-electron chi connectivity index (χ4n) is 1.36. The van der Waals surface area contributed by atoms with Crippen molar-refractivity contribution in [3.63, 3.8) is 0 Å². The Morgan fingerprint density at radius 2 is 1.79 bits per heavy atom. The molecule has 0 unspecified atom stereocenters. The summed E-state index contributed by atoms with van der Waals surface area (Å²) in [4.78, 5) is 3.62. The SMILES string of the molecule is COc1ccccc1OS(=O)(=O)c1ccc(Cl)nc1. The molecule has 0 amide bonds. The molecular weight excluding hydrogens is 290 g/mol. The second kappa shape index (κ2) is 5.46. The van der Waals surface area contributed by atoms with Crippen LogP contribution in [0.3, 0.4) is 0 Å². The highest BCUT2D eigenvalue weighted by atomic mass is 35.5. The van der Waals surface area contributed by atoms with Gasteiger partial charge in [-0.2, -0.15) is 8.42 Å². The number of ether oxygens (including phenoxy) is 1. The molecule has 0 aliphatic heterocycles. The van der Waals surface area contributed by atoms with Gasteiger partial charge in [0.2, 0.25) is 0 Å². The molecule has 0 N–H and O–H groups in total. The first-order valence-corrected chi connectivity index (χ1v) is 7.00. The zero-order valence-electron chi connectivity index (χ0n) is 9.91. The van der Waals surface area contributed by atoms with E-state index in [9.17, 15) is 8.42 Å². The fourth-order valence-corrected chi connectivity index (χ4v) is 2.36. The molecule has 0 aliphatic rings. The van der Waals surface area contributed by atoms with E-state index in [4.69, 9.17) is 20.5 Å². The van der Waals surface area contributed by atoms with Gasteiger partial charge >= 0.3 is 10.1 Å². The lowest BCUT2D eigenvalue weighted by molar-refractivity contribution is 0.390. The maximum atomic E-state index is 12.0. The Morgan fingerprint density at radius 1 is 1.11 bits per heavy atom. The summed E-state index contributed by atoms with van der Waals surface area (Å²) >= 11 is 5.60. The number of aromatic nitrogens is 1. The number of nitrogens with zero attached hydrogens (tertiary/aromatic N) is 1. The topological polar surface area (TPSA) is 65.5 Å². The van der Waals surface area contributed by atoms with Gasteiger partial charge in [-0.1, -0.05) is 23.7 Å². The van der Waals surface area contributed by atoms with Gasteiger partial charge in [0.1, 0.15) is 10.0 Å². The first-order valence-electron chi connectivity index (χ1n) is 5.22. The van der Waals surface area contributed by atoms with E-state index in [0.29, 0.717) is 5.75 Å². The molecule has 5 nitrogen and oxygen atoms in total. The molecule has 0 aliphatic carbocycles. The molecule has 100 valence electrons. The van der Waals surface area contributed by atoms with E-state index >= 15 is 0 Å². The van der Waals surface area contributed by atoms with Gasteiger partial charge in [-0.05, 0) is 24.3 Å². The summed E-state index contributed by atoms with van der Waals surface area (Å²) in [6.07, 6.45) is 1.13. The van der Waals surface area contributed by atoms with E-state index in [2.05, 4.69) is 4.98 Å². The molecule has 0 saturated heterocycles. The van der Waals surface area contributed by atoms with E-state index in [1.165, 1.54) is 25.3 Å². The highest BCUT2D eigenvalue weighted by Gasteiger charge is 2.19. The van der Waals surface area contributed by atoms with Crippen LogP contribution >= 0.6 is 11.6 Å². The summed E-state index contributed by atoms with van der Waals surface area (Å²) in [5.74, 6) is 0.438. The monoisotopic (exact) mass is 299 g/mol. The van der Waals surface area contributed by atoms with Crippen LogP contribution in [-0.2, 0) is 10.1 Å². The lowest BCUT2D eigenvalue weighted by Gasteiger charge is -2.10. The Morgan fingerprint density at radius 3 is 2.37 bits per heavy atom. The molecule has 0 bridgehead atoms. The molecule has 1 heterocycles. The van der Waals surface area contributed by atoms with Crippen LogP contribution in [0.1, 0.15) is 0 Å². The average molecular weight is 300 g/mol. The summed E-state index contributed by atoms with van der Waals surface area (Å²) in [7, 11) is -2.53. The largest absolute Gasteiger partial charge is 0.493 e. The maximum Gasteiger partial charge on any atom is 0.340 e. The number of rotatable bonds is 4. The van der Waals surface area contributed by atoms with Crippen LogP contribution < -0.4 is 8.92 Å². The molecule has 0 atom stereocenters. The average Bonchev–Trinajstić information content (AvgIpc) is 2.39. The quantitative estimate of drug-likeness (QED) is 0.641. The molecule has 2 rings (SSSR count). The normalized spacial score (nSPS) is 11.1. The van der Waals surface area contributed by atoms with Crippen LogP contribution in [0.2, 0.25) is 5.15 Å². The Bertz CT molecular complexity index is 670. The van der Waals surface area contributed by atoms with Crippen LogP contribution in [0, 0.1) is 0 Å². The van der Waals surface area contributed by atoms with E-state index in [-0.39, 0.29) is 15.8 Å². The molecule has 0 radical (unpaired) electrons. The molecule has 0 spiro atoms. The van der Waals surface area contributed by atoms with Crippen molar-refractivity contribution in [2.45, 2.75) is 4.90 Å². The molecule has 0 fully saturated rings. The third-order valence-corrected chi connectivity index (χ3v) is 3.70. The van der Waals surface area contributed by atoms with Crippen LogP contribution in [0.15, 0.2) is 47.5 Å². The number of methoxy groups -OCH3 is 1. The highest BCUT2D eigenvalue weighted by Crippen LogP contribution is 2.28. The standard InChI is InChI=1S/C12H10ClNO4S/c1-17-10-4-2-3-5-11(10)18-19(15,16)9-6-7-12(13)14-8-9/h2-8H,1H3. The Kier molecular flexibility index (Phi) is 3.92. The van der Waals surface area contributed by atoms with E-state index in [0.717, 1.165) is 6.20 Å². The minimum atomic E-state index is -3.96. The van der Waals surface area contributed by atoms with Crippen LogP contribution in [0.5, 0.6) is 11.5 Å². The van der Waals surface area contributed by atoms with Gasteiger partial charge in [0, 0.05) is 0 Å². The summed E-state index contributed by atoms with van der Waals surface area (Å²) < 4.78 is 34.1. The van der Waals surface area contributed by atoms with E-state index < -0.39 is 10.1 Å². The fraction of sp³-hybridized carbons (Fsp3) is 0.0833. The Labute approximate surface area is 115 Å². The highest BCUT2D eigenvalue weighted by molar-refractivity contribution is 7.87.